The molecular formula is C13H14N2O. The zero-order valence-corrected chi connectivity index (χ0v) is 9.36. The third kappa shape index (κ3) is 1.84. The first kappa shape index (κ1) is 10.5. The molecule has 0 spiro atoms. The summed E-state index contributed by atoms with van der Waals surface area (Å²) in [5, 5.41) is 9.58. The lowest BCUT2D eigenvalue weighted by Gasteiger charge is -2.08. The molecule has 0 saturated carbocycles. The van der Waals surface area contributed by atoms with E-state index in [1.165, 1.54) is 0 Å². The number of aromatic hydroxyl groups is 1. The van der Waals surface area contributed by atoms with Crippen LogP contribution in [0.5, 0.6) is 5.75 Å². The van der Waals surface area contributed by atoms with E-state index in [0.717, 1.165) is 22.4 Å². The van der Waals surface area contributed by atoms with Crippen LogP contribution in [0.4, 0.5) is 5.69 Å². The summed E-state index contributed by atoms with van der Waals surface area (Å²) in [6.07, 6.45) is 1.83. The fourth-order valence-electron chi connectivity index (χ4n) is 1.65. The van der Waals surface area contributed by atoms with Gasteiger partial charge in [0.25, 0.3) is 0 Å². The van der Waals surface area contributed by atoms with Crippen molar-refractivity contribution in [3.05, 3.63) is 41.7 Å². The van der Waals surface area contributed by atoms with Crippen molar-refractivity contribution in [3.63, 3.8) is 0 Å². The van der Waals surface area contributed by atoms with Gasteiger partial charge in [-0.1, -0.05) is 6.07 Å². The monoisotopic (exact) mass is 214 g/mol. The highest BCUT2D eigenvalue weighted by molar-refractivity contribution is 5.71. The largest absolute Gasteiger partial charge is 0.506 e. The number of nitrogens with two attached hydrogens (primary N) is 1. The van der Waals surface area contributed by atoms with E-state index in [-0.39, 0.29) is 5.75 Å². The number of phenols is 1. The van der Waals surface area contributed by atoms with E-state index in [9.17, 15) is 5.11 Å². The predicted molar refractivity (Wildman–Crippen MR) is 65.2 cm³/mol. The summed E-state index contributed by atoms with van der Waals surface area (Å²) in [7, 11) is 0. The van der Waals surface area contributed by atoms with Crippen LogP contribution in [0.25, 0.3) is 11.1 Å². The molecule has 0 atom stereocenters. The molecule has 1 heterocycles. The van der Waals surface area contributed by atoms with Gasteiger partial charge in [-0.3, -0.25) is 4.98 Å². The van der Waals surface area contributed by atoms with Crippen molar-refractivity contribution < 1.29 is 5.11 Å². The molecule has 0 bridgehead atoms. The Kier molecular flexibility index (Phi) is 2.52. The molecule has 0 fully saturated rings. The minimum atomic E-state index is 0.117. The Labute approximate surface area is 94.6 Å². The highest BCUT2D eigenvalue weighted by atomic mass is 16.3. The summed E-state index contributed by atoms with van der Waals surface area (Å²) >= 11 is 0. The van der Waals surface area contributed by atoms with Gasteiger partial charge in [0.05, 0.1) is 5.69 Å². The van der Waals surface area contributed by atoms with Crippen LogP contribution in [0.1, 0.15) is 11.3 Å². The maximum Gasteiger partial charge on any atom is 0.139 e. The first-order chi connectivity index (χ1) is 7.58. The maximum atomic E-state index is 9.58. The number of nitrogens with zero attached hydrogens (tertiary/aromatic N) is 1. The van der Waals surface area contributed by atoms with E-state index < -0.39 is 0 Å². The van der Waals surface area contributed by atoms with E-state index in [1.54, 1.807) is 12.1 Å². The first-order valence-corrected chi connectivity index (χ1v) is 5.10. The van der Waals surface area contributed by atoms with Gasteiger partial charge in [0, 0.05) is 11.9 Å². The summed E-state index contributed by atoms with van der Waals surface area (Å²) in [4.78, 5) is 4.22. The highest BCUT2D eigenvalue weighted by Gasteiger charge is 2.05. The molecule has 1 aromatic carbocycles. The zero-order chi connectivity index (χ0) is 11.7. The smallest absolute Gasteiger partial charge is 0.139 e. The van der Waals surface area contributed by atoms with Gasteiger partial charge < -0.3 is 10.8 Å². The Morgan fingerprint density at radius 1 is 1.19 bits per heavy atom. The number of benzene rings is 1. The SMILES string of the molecule is Cc1cc(-c2ccc(N)c(O)c2)c(C)cn1. The molecule has 82 valence electrons. The summed E-state index contributed by atoms with van der Waals surface area (Å²) < 4.78 is 0. The van der Waals surface area contributed by atoms with Gasteiger partial charge in [0.15, 0.2) is 0 Å². The molecule has 0 aliphatic carbocycles. The van der Waals surface area contributed by atoms with E-state index in [1.807, 2.05) is 32.2 Å². The van der Waals surface area contributed by atoms with Crippen LogP contribution in [0.3, 0.4) is 0 Å². The number of hydrogen-bond acceptors (Lipinski definition) is 3. The van der Waals surface area contributed by atoms with Gasteiger partial charge in [-0.25, -0.2) is 0 Å². The third-order valence-corrected chi connectivity index (χ3v) is 2.58. The molecule has 16 heavy (non-hydrogen) atoms. The molecule has 3 heteroatoms. The number of hydrogen-bond donors (Lipinski definition) is 2. The van der Waals surface area contributed by atoms with Gasteiger partial charge in [-0.2, -0.15) is 0 Å². The van der Waals surface area contributed by atoms with Crippen molar-refractivity contribution in [1.82, 2.24) is 4.98 Å². The predicted octanol–water partition coefficient (Wildman–Crippen LogP) is 2.65. The van der Waals surface area contributed by atoms with Crippen molar-refractivity contribution in [3.8, 4) is 16.9 Å². The fourth-order valence-corrected chi connectivity index (χ4v) is 1.65. The van der Waals surface area contributed by atoms with Gasteiger partial charge in [0.1, 0.15) is 5.75 Å². The third-order valence-electron chi connectivity index (χ3n) is 2.58. The number of rotatable bonds is 1. The Bertz CT molecular complexity index is 535. The minimum absolute atomic E-state index is 0.117. The Morgan fingerprint density at radius 2 is 1.94 bits per heavy atom. The molecule has 0 radical (unpaired) electrons. The van der Waals surface area contributed by atoms with Gasteiger partial charge in [0.2, 0.25) is 0 Å². The molecule has 0 amide bonds. The fraction of sp³-hybridized carbons (Fsp3) is 0.154. The summed E-state index contributed by atoms with van der Waals surface area (Å²) in [6.45, 7) is 3.94. The number of aromatic nitrogens is 1. The molecule has 0 saturated heterocycles. The maximum absolute atomic E-state index is 9.58. The molecule has 3 N–H and O–H groups in total. The lowest BCUT2D eigenvalue weighted by atomic mass is 10.0. The number of phenolic OH excluding ortho intramolecular Hbond substituents is 1. The number of pyridine rings is 1. The standard InChI is InChI=1S/C13H14N2O/c1-8-7-15-9(2)5-11(8)10-3-4-12(14)13(16)6-10/h3-7,16H,14H2,1-2H3. The van der Waals surface area contributed by atoms with Crippen molar-refractivity contribution in [2.75, 3.05) is 5.73 Å². The number of nitrogen functional groups attached to an aromatic ring is 1. The molecule has 2 rings (SSSR count). The molecule has 1 aromatic heterocycles. The Balaban J connectivity index is 2.58. The topological polar surface area (TPSA) is 59.1 Å². The highest BCUT2D eigenvalue weighted by Crippen LogP contribution is 2.29. The van der Waals surface area contributed by atoms with E-state index in [4.69, 9.17) is 5.73 Å². The van der Waals surface area contributed by atoms with Crippen LogP contribution >= 0.6 is 0 Å². The number of anilines is 1. The van der Waals surface area contributed by atoms with Crippen LogP contribution in [-0.4, -0.2) is 10.1 Å². The summed E-state index contributed by atoms with van der Waals surface area (Å²) in [5.74, 6) is 0.117. The van der Waals surface area contributed by atoms with Crippen LogP contribution in [0, 0.1) is 13.8 Å². The van der Waals surface area contributed by atoms with Crippen LogP contribution < -0.4 is 5.73 Å². The second-order valence-electron chi connectivity index (χ2n) is 3.91. The van der Waals surface area contributed by atoms with Crippen molar-refractivity contribution >= 4 is 5.69 Å². The van der Waals surface area contributed by atoms with Gasteiger partial charge in [-0.05, 0) is 48.7 Å². The van der Waals surface area contributed by atoms with E-state index >= 15 is 0 Å². The normalized spacial score (nSPS) is 10.4. The van der Waals surface area contributed by atoms with E-state index in [2.05, 4.69) is 4.98 Å². The average molecular weight is 214 g/mol. The zero-order valence-electron chi connectivity index (χ0n) is 9.36. The molecular weight excluding hydrogens is 200 g/mol. The molecule has 0 aliphatic rings. The second-order valence-corrected chi connectivity index (χ2v) is 3.91. The lowest BCUT2D eigenvalue weighted by Crippen LogP contribution is -1.90. The van der Waals surface area contributed by atoms with E-state index in [0.29, 0.717) is 5.69 Å². The van der Waals surface area contributed by atoms with Crippen LogP contribution in [-0.2, 0) is 0 Å². The molecule has 3 nitrogen and oxygen atoms in total. The summed E-state index contributed by atoms with van der Waals surface area (Å²) in [5.41, 5.74) is 10.0. The van der Waals surface area contributed by atoms with Crippen molar-refractivity contribution in [2.24, 2.45) is 0 Å². The van der Waals surface area contributed by atoms with Crippen LogP contribution in [0.15, 0.2) is 30.5 Å². The average Bonchev–Trinajstić information content (AvgIpc) is 2.26. The van der Waals surface area contributed by atoms with Crippen molar-refractivity contribution in [1.29, 1.82) is 0 Å². The lowest BCUT2D eigenvalue weighted by molar-refractivity contribution is 0.478. The molecule has 0 aliphatic heterocycles. The quantitative estimate of drug-likeness (QED) is 0.566. The first-order valence-electron chi connectivity index (χ1n) is 5.10. The molecule has 2 aromatic rings. The van der Waals surface area contributed by atoms with Gasteiger partial charge in [-0.15, -0.1) is 0 Å². The second kappa shape index (κ2) is 3.85. The number of aryl methyl sites for hydroxylation is 2. The Morgan fingerprint density at radius 3 is 2.62 bits per heavy atom. The van der Waals surface area contributed by atoms with Crippen LogP contribution in [0.2, 0.25) is 0 Å². The Hall–Kier alpha value is -2.03. The van der Waals surface area contributed by atoms with Gasteiger partial charge >= 0.3 is 0 Å². The minimum Gasteiger partial charge on any atom is -0.506 e. The summed E-state index contributed by atoms with van der Waals surface area (Å²) in [6, 6.07) is 7.29. The molecule has 0 unspecified atom stereocenters. The van der Waals surface area contributed by atoms with Crippen molar-refractivity contribution in [2.45, 2.75) is 13.8 Å².